The SMILES string of the molecule is Cc1ccc(NC(=S)NC(=O)c2cccc3c(Cl)cccc23)c(C)c1. The molecule has 3 rings (SSSR count). The van der Waals surface area contributed by atoms with Crippen molar-refractivity contribution in [1.82, 2.24) is 5.32 Å². The molecule has 25 heavy (non-hydrogen) atoms. The van der Waals surface area contributed by atoms with Gasteiger partial charge in [-0.25, -0.2) is 0 Å². The molecule has 0 fully saturated rings. The Morgan fingerprint density at radius 2 is 1.72 bits per heavy atom. The fourth-order valence-corrected chi connectivity index (χ4v) is 3.19. The number of carbonyl (C=O) groups excluding carboxylic acids is 1. The standard InChI is InChI=1S/C20H17ClN2OS/c1-12-9-10-18(13(2)11-12)22-20(25)23-19(24)16-7-3-6-15-14(16)5-4-8-17(15)21/h3-11H,1-2H3,(H2,22,23,24,25). The van der Waals surface area contributed by atoms with E-state index in [4.69, 9.17) is 23.8 Å². The molecule has 0 spiro atoms. The van der Waals surface area contributed by atoms with Gasteiger partial charge in [0.15, 0.2) is 5.11 Å². The van der Waals surface area contributed by atoms with Crippen molar-refractivity contribution in [3.8, 4) is 0 Å². The van der Waals surface area contributed by atoms with Gasteiger partial charge < -0.3 is 5.32 Å². The summed E-state index contributed by atoms with van der Waals surface area (Å²) in [6.45, 7) is 4.02. The van der Waals surface area contributed by atoms with Crippen molar-refractivity contribution in [2.45, 2.75) is 13.8 Å². The van der Waals surface area contributed by atoms with Gasteiger partial charge in [-0.3, -0.25) is 10.1 Å². The summed E-state index contributed by atoms with van der Waals surface area (Å²) in [5.74, 6) is -0.268. The Labute approximate surface area is 157 Å². The number of nitrogens with one attached hydrogen (secondary N) is 2. The van der Waals surface area contributed by atoms with Crippen LogP contribution >= 0.6 is 23.8 Å². The summed E-state index contributed by atoms with van der Waals surface area (Å²) in [5.41, 5.74) is 3.64. The lowest BCUT2D eigenvalue weighted by molar-refractivity contribution is 0.0979. The van der Waals surface area contributed by atoms with Crippen LogP contribution in [-0.2, 0) is 0 Å². The summed E-state index contributed by atoms with van der Waals surface area (Å²) in [6.07, 6.45) is 0. The van der Waals surface area contributed by atoms with Crippen LogP contribution in [0.1, 0.15) is 21.5 Å². The minimum atomic E-state index is -0.268. The molecule has 0 aromatic heterocycles. The average Bonchev–Trinajstić information content (AvgIpc) is 2.57. The lowest BCUT2D eigenvalue weighted by Gasteiger charge is -2.13. The fourth-order valence-electron chi connectivity index (χ4n) is 2.75. The number of hydrogen-bond donors (Lipinski definition) is 2. The first kappa shape index (κ1) is 17.4. The van der Waals surface area contributed by atoms with Gasteiger partial charge >= 0.3 is 0 Å². The molecule has 126 valence electrons. The van der Waals surface area contributed by atoms with Crippen molar-refractivity contribution >= 4 is 51.3 Å². The summed E-state index contributed by atoms with van der Waals surface area (Å²) in [6, 6.07) is 17.0. The Morgan fingerprint density at radius 1 is 1.00 bits per heavy atom. The number of carbonyl (C=O) groups is 1. The zero-order chi connectivity index (χ0) is 18.0. The molecule has 2 N–H and O–H groups in total. The molecule has 0 saturated carbocycles. The molecule has 0 unspecified atom stereocenters. The molecular formula is C20H17ClN2OS. The topological polar surface area (TPSA) is 41.1 Å². The number of amides is 1. The molecule has 0 radical (unpaired) electrons. The van der Waals surface area contributed by atoms with Gasteiger partial charge in [-0.2, -0.15) is 0 Å². The van der Waals surface area contributed by atoms with Crippen LogP contribution in [0.2, 0.25) is 5.02 Å². The van der Waals surface area contributed by atoms with Crippen molar-refractivity contribution in [2.24, 2.45) is 0 Å². The Hall–Kier alpha value is -2.43. The van der Waals surface area contributed by atoms with E-state index in [1.807, 2.05) is 50.2 Å². The number of thiocarbonyl (C=S) groups is 1. The molecule has 1 amide bonds. The Bertz CT molecular complexity index is 985. The van der Waals surface area contributed by atoms with E-state index in [-0.39, 0.29) is 11.0 Å². The maximum absolute atomic E-state index is 12.6. The molecule has 5 heteroatoms. The number of anilines is 1. The normalized spacial score (nSPS) is 10.5. The number of benzene rings is 3. The monoisotopic (exact) mass is 368 g/mol. The van der Waals surface area contributed by atoms with Gasteiger partial charge in [0.2, 0.25) is 0 Å². The number of rotatable bonds is 2. The zero-order valence-electron chi connectivity index (χ0n) is 13.9. The highest BCUT2D eigenvalue weighted by molar-refractivity contribution is 7.80. The van der Waals surface area contributed by atoms with Gasteiger partial charge in [-0.15, -0.1) is 0 Å². The number of fused-ring (bicyclic) bond motifs is 1. The van der Waals surface area contributed by atoms with E-state index in [0.29, 0.717) is 10.6 Å². The lowest BCUT2D eigenvalue weighted by atomic mass is 10.0. The van der Waals surface area contributed by atoms with Crippen LogP contribution in [-0.4, -0.2) is 11.0 Å². The van der Waals surface area contributed by atoms with Crippen molar-refractivity contribution < 1.29 is 4.79 Å². The highest BCUT2D eigenvalue weighted by atomic mass is 35.5. The van der Waals surface area contributed by atoms with Gasteiger partial charge in [0, 0.05) is 21.7 Å². The molecule has 0 atom stereocenters. The minimum absolute atomic E-state index is 0.260. The number of hydrogen-bond acceptors (Lipinski definition) is 2. The highest BCUT2D eigenvalue weighted by Gasteiger charge is 2.13. The van der Waals surface area contributed by atoms with E-state index in [2.05, 4.69) is 16.7 Å². The van der Waals surface area contributed by atoms with Crippen LogP contribution < -0.4 is 10.6 Å². The molecule has 0 aliphatic heterocycles. The van der Waals surface area contributed by atoms with E-state index in [1.165, 1.54) is 5.56 Å². The lowest BCUT2D eigenvalue weighted by Crippen LogP contribution is -2.34. The van der Waals surface area contributed by atoms with Crippen molar-refractivity contribution in [3.05, 3.63) is 76.3 Å². The fraction of sp³-hybridized carbons (Fsp3) is 0.100. The molecule has 0 heterocycles. The van der Waals surface area contributed by atoms with Gasteiger partial charge in [0.05, 0.1) is 0 Å². The first-order valence-electron chi connectivity index (χ1n) is 7.82. The third kappa shape index (κ3) is 3.81. The maximum Gasteiger partial charge on any atom is 0.258 e. The predicted molar refractivity (Wildman–Crippen MR) is 109 cm³/mol. The zero-order valence-corrected chi connectivity index (χ0v) is 15.5. The quantitative estimate of drug-likeness (QED) is 0.608. The highest BCUT2D eigenvalue weighted by Crippen LogP contribution is 2.26. The van der Waals surface area contributed by atoms with Crippen LogP contribution in [0.3, 0.4) is 0 Å². The summed E-state index contributed by atoms with van der Waals surface area (Å²) >= 11 is 11.5. The van der Waals surface area contributed by atoms with Crippen LogP contribution in [0, 0.1) is 13.8 Å². The van der Waals surface area contributed by atoms with Crippen molar-refractivity contribution in [3.63, 3.8) is 0 Å². The number of aryl methyl sites for hydroxylation is 2. The maximum atomic E-state index is 12.6. The molecule has 3 aromatic carbocycles. The van der Waals surface area contributed by atoms with Crippen LogP contribution in [0.4, 0.5) is 5.69 Å². The van der Waals surface area contributed by atoms with E-state index >= 15 is 0 Å². The second kappa shape index (κ2) is 7.21. The average molecular weight is 369 g/mol. The van der Waals surface area contributed by atoms with Gasteiger partial charge in [-0.1, -0.05) is 53.6 Å². The summed E-state index contributed by atoms with van der Waals surface area (Å²) < 4.78 is 0. The Balaban J connectivity index is 1.80. The van der Waals surface area contributed by atoms with E-state index < -0.39 is 0 Å². The summed E-state index contributed by atoms with van der Waals surface area (Å²) in [5, 5.41) is 8.31. The smallest absolute Gasteiger partial charge is 0.258 e. The van der Waals surface area contributed by atoms with Gasteiger partial charge in [-0.05, 0) is 55.2 Å². The van der Waals surface area contributed by atoms with E-state index in [0.717, 1.165) is 22.0 Å². The van der Waals surface area contributed by atoms with Gasteiger partial charge in [0.1, 0.15) is 0 Å². The molecule has 0 saturated heterocycles. The summed E-state index contributed by atoms with van der Waals surface area (Å²) in [7, 11) is 0. The van der Waals surface area contributed by atoms with Crippen LogP contribution in [0.5, 0.6) is 0 Å². The minimum Gasteiger partial charge on any atom is -0.332 e. The Kier molecular flexibility index (Phi) is 5.02. The largest absolute Gasteiger partial charge is 0.332 e. The molecule has 0 bridgehead atoms. The third-order valence-corrected chi connectivity index (χ3v) is 4.50. The van der Waals surface area contributed by atoms with Crippen molar-refractivity contribution in [1.29, 1.82) is 0 Å². The van der Waals surface area contributed by atoms with Crippen LogP contribution in [0.25, 0.3) is 10.8 Å². The van der Waals surface area contributed by atoms with Gasteiger partial charge in [0.25, 0.3) is 5.91 Å². The first-order chi connectivity index (χ1) is 12.0. The van der Waals surface area contributed by atoms with Crippen molar-refractivity contribution in [2.75, 3.05) is 5.32 Å². The molecular weight excluding hydrogens is 352 g/mol. The second-order valence-corrected chi connectivity index (χ2v) is 6.68. The second-order valence-electron chi connectivity index (χ2n) is 5.87. The first-order valence-corrected chi connectivity index (χ1v) is 8.61. The van der Waals surface area contributed by atoms with E-state index in [1.54, 1.807) is 12.1 Å². The molecule has 3 nitrogen and oxygen atoms in total. The third-order valence-electron chi connectivity index (χ3n) is 3.97. The molecule has 3 aromatic rings. The van der Waals surface area contributed by atoms with E-state index in [9.17, 15) is 4.79 Å². The molecule has 0 aliphatic rings. The van der Waals surface area contributed by atoms with Crippen LogP contribution in [0.15, 0.2) is 54.6 Å². The number of halogens is 1. The summed E-state index contributed by atoms with van der Waals surface area (Å²) in [4.78, 5) is 12.6. The Morgan fingerprint density at radius 3 is 2.48 bits per heavy atom. The molecule has 0 aliphatic carbocycles. The predicted octanol–water partition coefficient (Wildman–Crippen LogP) is 5.24.